The average Bonchev–Trinajstić information content (AvgIpc) is 2.47. The lowest BCUT2D eigenvalue weighted by atomic mass is 10.4. The zero-order valence-corrected chi connectivity index (χ0v) is 12.2. The number of carbonyl (C=O) groups excluding carboxylic acids is 1. The number of ether oxygens (including phenoxy) is 2. The molecule has 0 unspecified atom stereocenters. The lowest BCUT2D eigenvalue weighted by Gasteiger charge is -2.26. The third kappa shape index (κ3) is 6.75. The standard InChI is InChI=1S/C13H27N3O3/c1-3-15(4-2)6-10-18-9-5-14-13(17)16-7-11-19-12-8-16/h3-12H2,1-2H3,(H,14,17). The number of nitrogens with one attached hydrogen (secondary N) is 1. The van der Waals surface area contributed by atoms with Gasteiger partial charge in [0.05, 0.1) is 26.4 Å². The molecule has 0 aromatic carbocycles. The average molecular weight is 273 g/mol. The fourth-order valence-electron chi connectivity index (χ4n) is 1.94. The van der Waals surface area contributed by atoms with Crippen LogP contribution in [-0.2, 0) is 9.47 Å². The highest BCUT2D eigenvalue weighted by Gasteiger charge is 2.15. The summed E-state index contributed by atoms with van der Waals surface area (Å²) in [5, 5.41) is 2.86. The van der Waals surface area contributed by atoms with Crippen LogP contribution >= 0.6 is 0 Å². The van der Waals surface area contributed by atoms with Gasteiger partial charge < -0.3 is 24.6 Å². The molecular formula is C13H27N3O3. The number of morpholine rings is 1. The third-order valence-corrected chi connectivity index (χ3v) is 3.27. The van der Waals surface area contributed by atoms with Crippen molar-refractivity contribution >= 4 is 6.03 Å². The summed E-state index contributed by atoms with van der Waals surface area (Å²) in [6, 6.07) is -0.0179. The van der Waals surface area contributed by atoms with E-state index < -0.39 is 0 Å². The number of amides is 2. The van der Waals surface area contributed by atoms with Gasteiger partial charge in [-0.15, -0.1) is 0 Å². The van der Waals surface area contributed by atoms with Crippen LogP contribution in [0.15, 0.2) is 0 Å². The van der Waals surface area contributed by atoms with E-state index in [1.807, 2.05) is 0 Å². The number of urea groups is 1. The minimum Gasteiger partial charge on any atom is -0.378 e. The Labute approximate surface area is 116 Å². The van der Waals surface area contributed by atoms with Crippen LogP contribution in [0, 0.1) is 0 Å². The highest BCUT2D eigenvalue weighted by atomic mass is 16.5. The summed E-state index contributed by atoms with van der Waals surface area (Å²) in [6.07, 6.45) is 0. The minimum absolute atomic E-state index is 0.0179. The summed E-state index contributed by atoms with van der Waals surface area (Å²) in [7, 11) is 0. The van der Waals surface area contributed by atoms with E-state index in [0.29, 0.717) is 39.5 Å². The molecule has 0 radical (unpaired) electrons. The van der Waals surface area contributed by atoms with Crippen LogP contribution in [-0.4, -0.2) is 81.5 Å². The quantitative estimate of drug-likeness (QED) is 0.650. The van der Waals surface area contributed by atoms with Crippen molar-refractivity contribution in [2.45, 2.75) is 13.8 Å². The van der Waals surface area contributed by atoms with Crippen molar-refractivity contribution in [2.24, 2.45) is 0 Å². The second-order valence-corrected chi connectivity index (χ2v) is 4.47. The van der Waals surface area contributed by atoms with Crippen LogP contribution in [0.25, 0.3) is 0 Å². The molecule has 0 aliphatic carbocycles. The molecule has 0 atom stereocenters. The molecule has 1 aliphatic rings. The fourth-order valence-corrected chi connectivity index (χ4v) is 1.94. The van der Waals surface area contributed by atoms with Gasteiger partial charge in [-0.1, -0.05) is 13.8 Å². The lowest BCUT2D eigenvalue weighted by molar-refractivity contribution is 0.0521. The van der Waals surface area contributed by atoms with E-state index in [9.17, 15) is 4.79 Å². The van der Waals surface area contributed by atoms with E-state index in [2.05, 4.69) is 24.1 Å². The van der Waals surface area contributed by atoms with Crippen molar-refractivity contribution in [1.82, 2.24) is 15.1 Å². The Bertz CT molecular complexity index is 241. The molecule has 1 aliphatic heterocycles. The van der Waals surface area contributed by atoms with Gasteiger partial charge in [-0.2, -0.15) is 0 Å². The Morgan fingerprint density at radius 3 is 2.58 bits per heavy atom. The molecule has 2 amide bonds. The SMILES string of the molecule is CCN(CC)CCOCCNC(=O)N1CCOCC1. The maximum absolute atomic E-state index is 11.7. The molecule has 1 N–H and O–H groups in total. The summed E-state index contributed by atoms with van der Waals surface area (Å²) in [5.41, 5.74) is 0. The Balaban J connectivity index is 1.96. The van der Waals surface area contributed by atoms with E-state index in [4.69, 9.17) is 9.47 Å². The first kappa shape index (κ1) is 16.2. The molecule has 0 spiro atoms. The molecule has 1 fully saturated rings. The Hall–Kier alpha value is -0.850. The maximum Gasteiger partial charge on any atom is 0.317 e. The summed E-state index contributed by atoms with van der Waals surface area (Å²) >= 11 is 0. The van der Waals surface area contributed by atoms with Crippen LogP contribution in [0.1, 0.15) is 13.8 Å². The Kier molecular flexibility index (Phi) is 8.53. The van der Waals surface area contributed by atoms with Gasteiger partial charge in [0, 0.05) is 26.2 Å². The van der Waals surface area contributed by atoms with E-state index in [0.717, 1.165) is 26.2 Å². The Morgan fingerprint density at radius 1 is 1.26 bits per heavy atom. The monoisotopic (exact) mass is 273 g/mol. The molecule has 1 saturated heterocycles. The molecule has 6 nitrogen and oxygen atoms in total. The summed E-state index contributed by atoms with van der Waals surface area (Å²) < 4.78 is 10.7. The van der Waals surface area contributed by atoms with Gasteiger partial charge in [-0.05, 0) is 13.1 Å². The molecule has 112 valence electrons. The molecule has 19 heavy (non-hydrogen) atoms. The largest absolute Gasteiger partial charge is 0.378 e. The predicted molar refractivity (Wildman–Crippen MR) is 74.4 cm³/mol. The molecule has 0 saturated carbocycles. The summed E-state index contributed by atoms with van der Waals surface area (Å²) in [6.45, 7) is 11.8. The van der Waals surface area contributed by atoms with Gasteiger partial charge in [-0.3, -0.25) is 0 Å². The highest BCUT2D eigenvalue weighted by Crippen LogP contribution is 1.96. The van der Waals surface area contributed by atoms with Crippen molar-refractivity contribution < 1.29 is 14.3 Å². The zero-order valence-electron chi connectivity index (χ0n) is 12.2. The molecule has 1 rings (SSSR count). The normalized spacial score (nSPS) is 15.8. The number of nitrogens with zero attached hydrogens (tertiary/aromatic N) is 2. The van der Waals surface area contributed by atoms with Crippen LogP contribution in [0.4, 0.5) is 4.79 Å². The van der Waals surface area contributed by atoms with Crippen molar-refractivity contribution in [1.29, 1.82) is 0 Å². The first-order valence-corrected chi connectivity index (χ1v) is 7.18. The number of carbonyl (C=O) groups is 1. The van der Waals surface area contributed by atoms with Gasteiger partial charge in [0.1, 0.15) is 0 Å². The molecule has 1 heterocycles. The van der Waals surface area contributed by atoms with Gasteiger partial charge in [-0.25, -0.2) is 4.79 Å². The van der Waals surface area contributed by atoms with Crippen LogP contribution < -0.4 is 5.32 Å². The first-order chi connectivity index (χ1) is 9.27. The lowest BCUT2D eigenvalue weighted by Crippen LogP contribution is -2.46. The van der Waals surface area contributed by atoms with Crippen LogP contribution in [0.5, 0.6) is 0 Å². The third-order valence-electron chi connectivity index (χ3n) is 3.27. The first-order valence-electron chi connectivity index (χ1n) is 7.18. The highest BCUT2D eigenvalue weighted by molar-refractivity contribution is 5.74. The number of rotatable bonds is 8. The predicted octanol–water partition coefficient (Wildman–Crippen LogP) is 0.387. The topological polar surface area (TPSA) is 54.0 Å². The van der Waals surface area contributed by atoms with Gasteiger partial charge >= 0.3 is 6.03 Å². The van der Waals surface area contributed by atoms with Gasteiger partial charge in [0.15, 0.2) is 0 Å². The van der Waals surface area contributed by atoms with Crippen LogP contribution in [0.3, 0.4) is 0 Å². The van der Waals surface area contributed by atoms with Crippen molar-refractivity contribution in [2.75, 3.05) is 65.7 Å². The number of hydrogen-bond donors (Lipinski definition) is 1. The number of hydrogen-bond acceptors (Lipinski definition) is 4. The fraction of sp³-hybridized carbons (Fsp3) is 0.923. The minimum atomic E-state index is -0.0179. The molecule has 6 heteroatoms. The van der Waals surface area contributed by atoms with Crippen LogP contribution in [0.2, 0.25) is 0 Å². The van der Waals surface area contributed by atoms with E-state index in [1.54, 1.807) is 4.90 Å². The number of likely N-dealkylation sites (N-methyl/N-ethyl adjacent to an activating group) is 1. The van der Waals surface area contributed by atoms with Crippen molar-refractivity contribution in [3.8, 4) is 0 Å². The van der Waals surface area contributed by atoms with Gasteiger partial charge in [0.25, 0.3) is 0 Å². The molecule has 0 aromatic heterocycles. The molecule has 0 bridgehead atoms. The zero-order chi connectivity index (χ0) is 13.9. The maximum atomic E-state index is 11.7. The smallest absolute Gasteiger partial charge is 0.317 e. The van der Waals surface area contributed by atoms with Gasteiger partial charge in [0.2, 0.25) is 0 Å². The van der Waals surface area contributed by atoms with Crippen molar-refractivity contribution in [3.05, 3.63) is 0 Å². The summed E-state index contributed by atoms with van der Waals surface area (Å²) in [5.74, 6) is 0. The molecular weight excluding hydrogens is 246 g/mol. The second-order valence-electron chi connectivity index (χ2n) is 4.47. The second kappa shape index (κ2) is 10.00. The van der Waals surface area contributed by atoms with E-state index in [1.165, 1.54) is 0 Å². The molecule has 0 aromatic rings. The van der Waals surface area contributed by atoms with Crippen molar-refractivity contribution in [3.63, 3.8) is 0 Å². The Morgan fingerprint density at radius 2 is 1.95 bits per heavy atom. The van der Waals surface area contributed by atoms with E-state index >= 15 is 0 Å². The summed E-state index contributed by atoms with van der Waals surface area (Å²) in [4.78, 5) is 15.8. The van der Waals surface area contributed by atoms with E-state index in [-0.39, 0.29) is 6.03 Å².